The monoisotopic (exact) mass is 879 g/mol. The van der Waals surface area contributed by atoms with Crippen LogP contribution >= 0.6 is 0 Å². The zero-order valence-electron chi connectivity index (χ0n) is 38.5. The number of hydrogen-bond acceptors (Lipinski definition) is 11. The molecule has 2 saturated heterocycles. The second-order valence-corrected chi connectivity index (χ2v) is 19.2. The molecule has 15 heteroatoms. The molecule has 65 heavy (non-hydrogen) atoms. The Hall–Kier alpha value is -6.32. The normalized spacial score (nSPS) is 18.8. The lowest BCUT2D eigenvalue weighted by Gasteiger charge is -2.47. The van der Waals surface area contributed by atoms with Crippen molar-refractivity contribution in [2.24, 2.45) is 12.5 Å². The number of carbonyl (C=O) groups excluding carboxylic acids is 2. The first-order valence-corrected chi connectivity index (χ1v) is 23.0. The topological polar surface area (TPSA) is 157 Å². The fraction of sp³-hybridized carbons (Fsp3) is 0.440. The van der Waals surface area contributed by atoms with Gasteiger partial charge in [-0.2, -0.15) is 0 Å². The summed E-state index contributed by atoms with van der Waals surface area (Å²) in [7, 11) is 1.65. The number of aliphatic hydroxyl groups excluding tert-OH is 1. The van der Waals surface area contributed by atoms with Gasteiger partial charge in [-0.15, -0.1) is 0 Å². The van der Waals surface area contributed by atoms with E-state index in [9.17, 15) is 19.5 Å². The average molecular weight is 880 g/mol. The number of piperazine rings is 1. The number of aryl methyl sites for hydroxylation is 1. The number of nitrogens with zero attached hydrogens (tertiary/aromatic N) is 9. The number of piperidine rings is 1. The van der Waals surface area contributed by atoms with Crippen molar-refractivity contribution in [1.82, 2.24) is 29.0 Å². The van der Waals surface area contributed by atoms with Gasteiger partial charge < -0.3 is 34.7 Å². The number of benzene rings is 1. The van der Waals surface area contributed by atoms with Crippen LogP contribution in [0.25, 0.3) is 11.3 Å². The number of pyridine rings is 2. The van der Waals surface area contributed by atoms with Crippen LogP contribution in [0.1, 0.15) is 86.4 Å². The van der Waals surface area contributed by atoms with Gasteiger partial charge in [0.1, 0.15) is 17.3 Å². The predicted octanol–water partition coefficient (Wildman–Crippen LogP) is 6.49. The molecule has 340 valence electrons. The number of fused-ring (bicyclic) bond motifs is 3. The third-order valence-corrected chi connectivity index (χ3v) is 13.7. The molecule has 1 atom stereocenters. The summed E-state index contributed by atoms with van der Waals surface area (Å²) in [5.74, 6) is 1.39. The van der Waals surface area contributed by atoms with Crippen molar-refractivity contribution in [2.75, 3.05) is 64.6 Å². The van der Waals surface area contributed by atoms with Crippen LogP contribution < -0.4 is 30.9 Å². The molecule has 3 N–H and O–H groups in total. The number of hydrogen-bond donors (Lipinski definition) is 3. The summed E-state index contributed by atoms with van der Waals surface area (Å²) in [5, 5.41) is 17.1. The number of nitrogens with one attached hydrogen (secondary N) is 2. The van der Waals surface area contributed by atoms with Crippen molar-refractivity contribution in [3.05, 3.63) is 112 Å². The van der Waals surface area contributed by atoms with E-state index in [1.807, 2.05) is 24.3 Å². The first kappa shape index (κ1) is 43.9. The van der Waals surface area contributed by atoms with E-state index in [0.29, 0.717) is 64.8 Å². The first-order valence-electron chi connectivity index (χ1n) is 23.0. The number of aromatic nitrogens is 5. The summed E-state index contributed by atoms with van der Waals surface area (Å²) in [6.45, 7) is 19.9. The van der Waals surface area contributed by atoms with E-state index < -0.39 is 6.61 Å². The SMILES string of the molecule is C=CC(=O)Nc1cc(Nc2nc(-c3ccnc(N4CCn5c(cc6c5CC(C)(C)C6)C4=O)c3CO)cn(C)c2=O)ccc1N1CCN(C2CCN(c3cccc(C(C)C)n3)CC2)C[C@@H]1C. The zero-order chi connectivity index (χ0) is 45.7. The predicted molar refractivity (Wildman–Crippen MR) is 256 cm³/mol. The number of aliphatic hydroxyl groups is 1. The van der Waals surface area contributed by atoms with Crippen LogP contribution in [0.3, 0.4) is 0 Å². The highest BCUT2D eigenvalue weighted by Crippen LogP contribution is 2.40. The molecular formula is C50H61N11O4. The molecule has 4 aromatic heterocycles. The van der Waals surface area contributed by atoms with Gasteiger partial charge in [0.05, 0.1) is 23.7 Å². The summed E-state index contributed by atoms with van der Waals surface area (Å²) in [5.41, 5.74) is 7.45. The Morgan fingerprint density at radius 2 is 1.80 bits per heavy atom. The summed E-state index contributed by atoms with van der Waals surface area (Å²) in [4.78, 5) is 63.9. The fourth-order valence-corrected chi connectivity index (χ4v) is 10.4. The van der Waals surface area contributed by atoms with Crippen molar-refractivity contribution >= 4 is 46.3 Å². The van der Waals surface area contributed by atoms with E-state index in [1.54, 1.807) is 30.4 Å². The Morgan fingerprint density at radius 1 is 1.00 bits per heavy atom. The van der Waals surface area contributed by atoms with Crippen molar-refractivity contribution < 1.29 is 14.7 Å². The fourth-order valence-electron chi connectivity index (χ4n) is 10.4. The molecule has 15 nitrogen and oxygen atoms in total. The highest BCUT2D eigenvalue weighted by molar-refractivity contribution is 6.06. The van der Waals surface area contributed by atoms with Crippen LogP contribution in [-0.4, -0.2) is 97.3 Å². The number of rotatable bonds is 11. The van der Waals surface area contributed by atoms with E-state index in [-0.39, 0.29) is 34.6 Å². The molecule has 2 amide bonds. The Bertz CT molecular complexity index is 2710. The van der Waals surface area contributed by atoms with E-state index in [1.165, 1.54) is 21.9 Å². The highest BCUT2D eigenvalue weighted by atomic mass is 16.3. The molecule has 1 aromatic carbocycles. The number of carbonyl (C=O) groups is 2. The lowest BCUT2D eigenvalue weighted by molar-refractivity contribution is -0.111. The average Bonchev–Trinajstić information content (AvgIpc) is 3.80. The maximum absolute atomic E-state index is 14.0. The molecule has 5 aromatic rings. The highest BCUT2D eigenvalue weighted by Gasteiger charge is 2.38. The van der Waals surface area contributed by atoms with Crippen LogP contribution in [0.4, 0.5) is 34.5 Å². The van der Waals surface area contributed by atoms with Crippen molar-refractivity contribution in [3.63, 3.8) is 0 Å². The largest absolute Gasteiger partial charge is 0.392 e. The minimum absolute atomic E-state index is 0.0572. The maximum Gasteiger partial charge on any atom is 0.293 e. The summed E-state index contributed by atoms with van der Waals surface area (Å²) >= 11 is 0. The second kappa shape index (κ2) is 17.6. The zero-order valence-corrected chi connectivity index (χ0v) is 38.5. The van der Waals surface area contributed by atoms with Gasteiger partial charge in [-0.05, 0) is 98.0 Å². The van der Waals surface area contributed by atoms with Gasteiger partial charge >= 0.3 is 0 Å². The molecule has 9 rings (SSSR count). The minimum atomic E-state index is -0.397. The van der Waals surface area contributed by atoms with Crippen LogP contribution in [-0.2, 0) is 37.8 Å². The molecule has 0 unspecified atom stereocenters. The molecular weight excluding hydrogens is 819 g/mol. The molecule has 7 heterocycles. The molecule has 4 aliphatic rings. The number of amides is 2. The van der Waals surface area contributed by atoms with E-state index in [0.717, 1.165) is 75.6 Å². The van der Waals surface area contributed by atoms with Crippen molar-refractivity contribution in [1.29, 1.82) is 0 Å². The molecule has 0 radical (unpaired) electrons. The molecule has 1 aliphatic carbocycles. The third kappa shape index (κ3) is 8.54. The molecule has 2 fully saturated rings. The maximum atomic E-state index is 14.0. The Labute approximate surface area is 380 Å². The van der Waals surface area contributed by atoms with E-state index >= 15 is 0 Å². The van der Waals surface area contributed by atoms with Crippen LogP contribution in [0.2, 0.25) is 0 Å². The minimum Gasteiger partial charge on any atom is -0.392 e. The van der Waals surface area contributed by atoms with Gasteiger partial charge in [-0.25, -0.2) is 15.0 Å². The van der Waals surface area contributed by atoms with Crippen molar-refractivity contribution in [2.45, 2.75) is 91.5 Å². The Balaban J connectivity index is 0.923. The molecule has 3 aliphatic heterocycles. The third-order valence-electron chi connectivity index (χ3n) is 13.7. The molecule has 0 bridgehead atoms. The van der Waals surface area contributed by atoms with Gasteiger partial charge in [-0.1, -0.05) is 40.3 Å². The quantitative estimate of drug-likeness (QED) is 0.125. The van der Waals surface area contributed by atoms with Gasteiger partial charge in [0.2, 0.25) is 5.91 Å². The summed E-state index contributed by atoms with van der Waals surface area (Å²) in [6.07, 6.45) is 8.49. The van der Waals surface area contributed by atoms with Crippen LogP contribution in [0.15, 0.2) is 78.4 Å². The smallest absolute Gasteiger partial charge is 0.293 e. The lowest BCUT2D eigenvalue weighted by Crippen LogP contribution is -2.57. The first-order chi connectivity index (χ1) is 31.2. The van der Waals surface area contributed by atoms with Crippen molar-refractivity contribution in [3.8, 4) is 11.3 Å². The summed E-state index contributed by atoms with van der Waals surface area (Å²) in [6, 6.07) is 16.4. The van der Waals surface area contributed by atoms with Gasteiger partial charge in [0.25, 0.3) is 11.5 Å². The lowest BCUT2D eigenvalue weighted by atomic mass is 9.90. The van der Waals surface area contributed by atoms with E-state index in [2.05, 4.69) is 94.3 Å². The summed E-state index contributed by atoms with van der Waals surface area (Å²) < 4.78 is 3.59. The van der Waals surface area contributed by atoms with E-state index in [4.69, 9.17) is 9.97 Å². The molecule has 0 saturated carbocycles. The molecule has 0 spiro atoms. The van der Waals surface area contributed by atoms with Crippen LogP contribution in [0.5, 0.6) is 0 Å². The Morgan fingerprint density at radius 3 is 2.54 bits per heavy atom. The standard InChI is InChI=1S/C50H61N11O4/c1-8-45(63)54-39-25-34(12-13-41(39)59-21-20-58(28-32(59)4)35-15-18-57(19-16-35)44-11-9-10-38(53-44)31(2)3)52-46-49(65)56(7)29-40(55-46)36-14-17-51-47(37(36)30-62)61-23-22-60-42(48(61)64)24-33-26-50(5,6)27-43(33)60/h8-14,17,24-25,29,31-32,35,62H,1,15-16,18-23,26-28,30H2,2-7H3,(H,52,55)(H,54,63)/t32-/m0/s1. The van der Waals surface area contributed by atoms with Gasteiger partial charge in [0.15, 0.2) is 5.82 Å². The van der Waals surface area contributed by atoms with Crippen LogP contribution in [0, 0.1) is 5.41 Å². The second-order valence-electron chi connectivity index (χ2n) is 19.2. The Kier molecular flexibility index (Phi) is 11.9. The van der Waals surface area contributed by atoms with Gasteiger partial charge in [0, 0.05) is 106 Å². The van der Waals surface area contributed by atoms with Gasteiger partial charge in [-0.3, -0.25) is 24.2 Å². The number of anilines is 6.